The first-order valence-corrected chi connectivity index (χ1v) is 9.96. The minimum absolute atomic E-state index is 0.0887. The molecule has 5 heteroatoms. The molecule has 5 nitrogen and oxygen atoms in total. The van der Waals surface area contributed by atoms with Crippen LogP contribution in [0.5, 0.6) is 0 Å². The molecule has 1 saturated carbocycles. The van der Waals surface area contributed by atoms with Gasteiger partial charge in [0.1, 0.15) is 0 Å². The van der Waals surface area contributed by atoms with Crippen LogP contribution in [0.25, 0.3) is 0 Å². The molecule has 2 aromatic rings. The van der Waals surface area contributed by atoms with Gasteiger partial charge in [0.15, 0.2) is 6.10 Å². The zero-order chi connectivity index (χ0) is 19.8. The van der Waals surface area contributed by atoms with Crippen molar-refractivity contribution in [3.63, 3.8) is 0 Å². The number of benzene rings is 2. The molecular formula is C23H28N2O3. The number of ether oxygens (including phenoxy) is 1. The monoisotopic (exact) mass is 380 g/mol. The predicted molar refractivity (Wildman–Crippen MR) is 110 cm³/mol. The van der Waals surface area contributed by atoms with Gasteiger partial charge in [0.2, 0.25) is 5.91 Å². The van der Waals surface area contributed by atoms with Crippen molar-refractivity contribution in [2.45, 2.75) is 51.2 Å². The maximum atomic E-state index is 12.8. The van der Waals surface area contributed by atoms with Gasteiger partial charge in [-0.25, -0.2) is 0 Å². The average Bonchev–Trinajstić information content (AvgIpc) is 3.21. The summed E-state index contributed by atoms with van der Waals surface area (Å²) in [7, 11) is 0. The molecule has 0 heterocycles. The second kappa shape index (κ2) is 10.0. The highest BCUT2D eigenvalue weighted by Gasteiger charge is 2.26. The van der Waals surface area contributed by atoms with Crippen LogP contribution in [0, 0.1) is 0 Å². The highest BCUT2D eigenvalue weighted by Crippen LogP contribution is 2.28. The topological polar surface area (TPSA) is 67.4 Å². The van der Waals surface area contributed by atoms with Crippen molar-refractivity contribution >= 4 is 17.5 Å². The number of anilines is 1. The number of carbonyl (C=O) groups excluding carboxylic acids is 2. The van der Waals surface area contributed by atoms with Crippen molar-refractivity contribution in [2.75, 3.05) is 11.9 Å². The van der Waals surface area contributed by atoms with E-state index in [2.05, 4.69) is 10.6 Å². The highest BCUT2D eigenvalue weighted by molar-refractivity contribution is 5.88. The van der Waals surface area contributed by atoms with Gasteiger partial charge in [0, 0.05) is 19.2 Å². The minimum Gasteiger partial charge on any atom is -0.360 e. The first kappa shape index (κ1) is 20.1. The van der Waals surface area contributed by atoms with Crippen LogP contribution in [0.15, 0.2) is 54.6 Å². The molecule has 1 aliphatic rings. The molecule has 0 spiro atoms. The first-order chi connectivity index (χ1) is 13.6. The van der Waals surface area contributed by atoms with Gasteiger partial charge in [-0.15, -0.1) is 0 Å². The third kappa shape index (κ3) is 5.92. The van der Waals surface area contributed by atoms with E-state index in [1.165, 1.54) is 19.8 Å². The zero-order valence-electron chi connectivity index (χ0n) is 16.3. The minimum atomic E-state index is -0.563. The molecule has 0 aliphatic heterocycles. The van der Waals surface area contributed by atoms with Crippen molar-refractivity contribution < 1.29 is 14.3 Å². The number of carbonyl (C=O) groups is 2. The van der Waals surface area contributed by atoms with E-state index in [-0.39, 0.29) is 17.9 Å². The number of hydrogen-bond donors (Lipinski definition) is 2. The lowest BCUT2D eigenvalue weighted by Crippen LogP contribution is -2.34. The van der Waals surface area contributed by atoms with E-state index >= 15 is 0 Å². The van der Waals surface area contributed by atoms with Gasteiger partial charge in [-0.05, 0) is 42.5 Å². The third-order valence-corrected chi connectivity index (χ3v) is 4.96. The van der Waals surface area contributed by atoms with E-state index in [9.17, 15) is 9.59 Å². The quantitative estimate of drug-likeness (QED) is 0.727. The number of amides is 2. The van der Waals surface area contributed by atoms with E-state index < -0.39 is 6.10 Å². The number of nitrogens with one attached hydrogen (secondary N) is 2. The van der Waals surface area contributed by atoms with Gasteiger partial charge in [-0.1, -0.05) is 55.3 Å². The summed E-state index contributed by atoms with van der Waals surface area (Å²) >= 11 is 0. The molecule has 0 aromatic heterocycles. The Labute approximate surface area is 166 Å². The van der Waals surface area contributed by atoms with Gasteiger partial charge in [-0.3, -0.25) is 9.59 Å². The van der Waals surface area contributed by atoms with Crippen LogP contribution in [0.2, 0.25) is 0 Å². The van der Waals surface area contributed by atoms with E-state index in [1.807, 2.05) is 54.6 Å². The summed E-state index contributed by atoms with van der Waals surface area (Å²) in [4.78, 5) is 23.9. The molecule has 1 aliphatic carbocycles. The Morgan fingerprint density at radius 1 is 1.04 bits per heavy atom. The number of hydrogen-bond acceptors (Lipinski definition) is 3. The predicted octanol–water partition coefficient (Wildman–Crippen LogP) is 4.00. The Balaban J connectivity index is 1.55. The Morgan fingerprint density at radius 2 is 1.71 bits per heavy atom. The lowest BCUT2D eigenvalue weighted by molar-refractivity contribution is -0.137. The number of rotatable bonds is 8. The molecule has 28 heavy (non-hydrogen) atoms. The lowest BCUT2D eigenvalue weighted by atomic mass is 10.1. The summed E-state index contributed by atoms with van der Waals surface area (Å²) in [5.41, 5.74) is 2.77. The Morgan fingerprint density at radius 3 is 2.36 bits per heavy atom. The van der Waals surface area contributed by atoms with E-state index in [1.54, 1.807) is 0 Å². The fourth-order valence-electron chi connectivity index (χ4n) is 3.52. The molecule has 0 bridgehead atoms. The summed E-state index contributed by atoms with van der Waals surface area (Å²) in [6.45, 7) is 2.02. The maximum Gasteiger partial charge on any atom is 0.253 e. The summed E-state index contributed by atoms with van der Waals surface area (Å²) in [5.74, 6) is -0.179. The fraction of sp³-hybridized carbons (Fsp3) is 0.391. The zero-order valence-corrected chi connectivity index (χ0v) is 16.3. The molecule has 3 rings (SSSR count). The largest absolute Gasteiger partial charge is 0.360 e. The molecule has 1 atom stereocenters. The molecule has 1 unspecified atom stereocenters. The van der Waals surface area contributed by atoms with Crippen molar-refractivity contribution in [3.05, 3.63) is 65.7 Å². The van der Waals surface area contributed by atoms with Gasteiger partial charge in [0.05, 0.1) is 6.10 Å². The average molecular weight is 380 g/mol. The van der Waals surface area contributed by atoms with Gasteiger partial charge < -0.3 is 15.4 Å². The van der Waals surface area contributed by atoms with Crippen molar-refractivity contribution in [2.24, 2.45) is 0 Å². The second-order valence-electron chi connectivity index (χ2n) is 7.25. The SMILES string of the molecule is CC(=O)Nc1ccc(CCNC(=O)C(OC2CCCC2)c2ccccc2)cc1. The van der Waals surface area contributed by atoms with Gasteiger partial charge >= 0.3 is 0 Å². The van der Waals surface area contributed by atoms with Gasteiger partial charge in [-0.2, -0.15) is 0 Å². The maximum absolute atomic E-state index is 12.8. The van der Waals surface area contributed by atoms with Crippen LogP contribution in [-0.4, -0.2) is 24.5 Å². The lowest BCUT2D eigenvalue weighted by Gasteiger charge is -2.22. The Kier molecular flexibility index (Phi) is 7.20. The van der Waals surface area contributed by atoms with Crippen LogP contribution in [0.1, 0.15) is 49.8 Å². The molecular weight excluding hydrogens is 352 g/mol. The highest BCUT2D eigenvalue weighted by atomic mass is 16.5. The Bertz CT molecular complexity index is 768. The van der Waals surface area contributed by atoms with Gasteiger partial charge in [0.25, 0.3) is 5.91 Å². The van der Waals surface area contributed by atoms with Crippen molar-refractivity contribution in [1.29, 1.82) is 0 Å². The molecule has 2 aromatic carbocycles. The van der Waals surface area contributed by atoms with E-state index in [4.69, 9.17) is 4.74 Å². The van der Waals surface area contributed by atoms with Crippen LogP contribution in [0.3, 0.4) is 0 Å². The summed E-state index contributed by atoms with van der Waals surface area (Å²) in [6, 6.07) is 17.4. The smallest absolute Gasteiger partial charge is 0.253 e. The first-order valence-electron chi connectivity index (χ1n) is 9.96. The summed E-state index contributed by atoms with van der Waals surface area (Å²) < 4.78 is 6.16. The molecule has 148 valence electrons. The third-order valence-electron chi connectivity index (χ3n) is 4.96. The van der Waals surface area contributed by atoms with Crippen molar-refractivity contribution in [3.8, 4) is 0 Å². The normalized spacial score (nSPS) is 15.2. The van der Waals surface area contributed by atoms with Crippen LogP contribution in [0.4, 0.5) is 5.69 Å². The summed E-state index contributed by atoms with van der Waals surface area (Å²) in [5, 5.41) is 5.77. The molecule has 2 N–H and O–H groups in total. The molecule has 2 amide bonds. The standard InChI is InChI=1S/C23H28N2O3/c1-17(26)25-20-13-11-18(12-14-20)15-16-24-23(27)22(19-7-3-2-4-8-19)28-21-9-5-6-10-21/h2-4,7-8,11-14,21-22H,5-6,9-10,15-16H2,1H3,(H,24,27)(H,25,26). The van der Waals surface area contributed by atoms with Crippen LogP contribution >= 0.6 is 0 Å². The molecule has 0 saturated heterocycles. The van der Waals surface area contributed by atoms with E-state index in [0.717, 1.165) is 36.1 Å². The van der Waals surface area contributed by atoms with Crippen LogP contribution < -0.4 is 10.6 Å². The Hall–Kier alpha value is -2.66. The molecule has 0 radical (unpaired) electrons. The van der Waals surface area contributed by atoms with E-state index in [0.29, 0.717) is 6.54 Å². The van der Waals surface area contributed by atoms with Crippen molar-refractivity contribution in [1.82, 2.24) is 5.32 Å². The molecule has 1 fully saturated rings. The fourth-order valence-corrected chi connectivity index (χ4v) is 3.52. The van der Waals surface area contributed by atoms with Crippen LogP contribution in [-0.2, 0) is 20.7 Å². The summed E-state index contributed by atoms with van der Waals surface area (Å²) in [6.07, 6.45) is 4.71. The second-order valence-corrected chi connectivity index (χ2v) is 7.25.